The maximum absolute atomic E-state index is 12.7. The topological polar surface area (TPSA) is 97.2 Å². The molecule has 0 spiro atoms. The zero-order chi connectivity index (χ0) is 24.3. The van der Waals surface area contributed by atoms with Gasteiger partial charge in [0.05, 0.1) is 22.2 Å². The van der Waals surface area contributed by atoms with Gasteiger partial charge in [-0.1, -0.05) is 50.7 Å². The number of amides is 1. The molecule has 8 nitrogen and oxygen atoms in total. The Morgan fingerprint density at radius 3 is 2.41 bits per heavy atom. The van der Waals surface area contributed by atoms with Crippen LogP contribution in [0.3, 0.4) is 0 Å². The van der Waals surface area contributed by atoms with Gasteiger partial charge in [0.25, 0.3) is 0 Å². The lowest BCUT2D eigenvalue weighted by molar-refractivity contribution is -0.113. The molecule has 1 N–H and O–H groups in total. The van der Waals surface area contributed by atoms with Gasteiger partial charge < -0.3 is 5.32 Å². The number of sulfonamides is 1. The van der Waals surface area contributed by atoms with Crippen LogP contribution in [0.4, 0.5) is 5.82 Å². The number of benzene rings is 1. The zero-order valence-corrected chi connectivity index (χ0v) is 21.2. The summed E-state index contributed by atoms with van der Waals surface area (Å²) in [7, 11) is -3.50. The number of anilines is 1. The first-order chi connectivity index (χ1) is 16.1. The number of hydrogen-bond donors (Lipinski definition) is 1. The second kappa shape index (κ2) is 9.89. The monoisotopic (exact) mass is 499 g/mol. The third kappa shape index (κ3) is 5.51. The summed E-state index contributed by atoms with van der Waals surface area (Å²) in [5.41, 5.74) is 1.56. The van der Waals surface area contributed by atoms with E-state index in [-0.39, 0.29) is 22.0 Å². The molecular formula is C24H29N5O3S2. The predicted octanol–water partition coefficient (Wildman–Crippen LogP) is 4.08. The second-order valence-corrected chi connectivity index (χ2v) is 12.1. The fraction of sp³-hybridized carbons (Fsp3) is 0.375. The number of nitrogens with one attached hydrogen (secondary N) is 1. The van der Waals surface area contributed by atoms with Crippen molar-refractivity contribution in [1.29, 1.82) is 0 Å². The van der Waals surface area contributed by atoms with Crippen molar-refractivity contribution in [3.05, 3.63) is 60.4 Å². The van der Waals surface area contributed by atoms with E-state index >= 15 is 0 Å². The van der Waals surface area contributed by atoms with E-state index in [9.17, 15) is 13.2 Å². The highest BCUT2D eigenvalue weighted by Crippen LogP contribution is 2.27. The first-order valence-electron chi connectivity index (χ1n) is 11.2. The molecule has 0 saturated carbocycles. The van der Waals surface area contributed by atoms with Gasteiger partial charge in [-0.2, -0.15) is 9.40 Å². The molecular weight excluding hydrogens is 470 g/mol. The summed E-state index contributed by atoms with van der Waals surface area (Å²) in [4.78, 5) is 17.2. The SMILES string of the molecule is CC(C)(C)c1cc(NC(=O)CSc2ccc(S(=O)(=O)N3CCCC3)cn2)n(-c2ccccc2)n1. The van der Waals surface area contributed by atoms with Crippen LogP contribution in [-0.2, 0) is 20.2 Å². The Hall–Kier alpha value is -2.69. The molecule has 34 heavy (non-hydrogen) atoms. The molecule has 10 heteroatoms. The molecule has 1 fully saturated rings. The molecule has 3 aromatic rings. The average molecular weight is 500 g/mol. The number of para-hydroxylation sites is 1. The van der Waals surface area contributed by atoms with Crippen LogP contribution in [-0.4, -0.2) is 52.2 Å². The summed E-state index contributed by atoms with van der Waals surface area (Å²) in [5.74, 6) is 0.538. The van der Waals surface area contributed by atoms with Gasteiger partial charge in [0, 0.05) is 30.8 Å². The van der Waals surface area contributed by atoms with E-state index in [1.165, 1.54) is 22.3 Å². The van der Waals surface area contributed by atoms with Crippen molar-refractivity contribution in [2.24, 2.45) is 0 Å². The first-order valence-corrected chi connectivity index (χ1v) is 13.6. The van der Waals surface area contributed by atoms with Crippen LogP contribution in [0, 0.1) is 0 Å². The van der Waals surface area contributed by atoms with Crippen molar-refractivity contribution in [3.63, 3.8) is 0 Å². The number of rotatable bonds is 7. The third-order valence-corrected chi connectivity index (χ3v) is 8.34. The van der Waals surface area contributed by atoms with Gasteiger partial charge in [-0.05, 0) is 37.1 Å². The Bertz CT molecular complexity index is 1240. The molecule has 1 aliphatic rings. The molecule has 1 amide bonds. The van der Waals surface area contributed by atoms with E-state index < -0.39 is 10.0 Å². The molecule has 1 aliphatic heterocycles. The lowest BCUT2D eigenvalue weighted by Gasteiger charge is -2.15. The summed E-state index contributed by atoms with van der Waals surface area (Å²) in [6.07, 6.45) is 3.14. The van der Waals surface area contributed by atoms with Gasteiger partial charge in [0.2, 0.25) is 15.9 Å². The van der Waals surface area contributed by atoms with Crippen molar-refractivity contribution < 1.29 is 13.2 Å². The summed E-state index contributed by atoms with van der Waals surface area (Å²) >= 11 is 1.25. The van der Waals surface area contributed by atoms with E-state index in [1.54, 1.807) is 16.8 Å². The number of nitrogens with zero attached hydrogens (tertiary/aromatic N) is 4. The third-order valence-electron chi connectivity index (χ3n) is 5.51. The quantitative estimate of drug-likeness (QED) is 0.492. The summed E-state index contributed by atoms with van der Waals surface area (Å²) in [6, 6.07) is 14.8. The summed E-state index contributed by atoms with van der Waals surface area (Å²) < 4.78 is 28.5. The molecule has 0 aliphatic carbocycles. The molecule has 3 heterocycles. The largest absolute Gasteiger partial charge is 0.310 e. The van der Waals surface area contributed by atoms with Crippen LogP contribution in [0.2, 0.25) is 0 Å². The number of aromatic nitrogens is 3. The Labute approximate surface area is 204 Å². The maximum Gasteiger partial charge on any atom is 0.244 e. The molecule has 0 bridgehead atoms. The fourth-order valence-corrected chi connectivity index (χ4v) is 5.71. The Morgan fingerprint density at radius 2 is 1.79 bits per heavy atom. The molecule has 0 radical (unpaired) electrons. The van der Waals surface area contributed by atoms with Crippen LogP contribution < -0.4 is 5.32 Å². The summed E-state index contributed by atoms with van der Waals surface area (Å²) in [6.45, 7) is 7.33. The predicted molar refractivity (Wildman–Crippen MR) is 134 cm³/mol. The Morgan fingerprint density at radius 1 is 1.09 bits per heavy atom. The molecule has 0 atom stereocenters. The Balaban J connectivity index is 1.43. The summed E-state index contributed by atoms with van der Waals surface area (Å²) in [5, 5.41) is 8.25. The van der Waals surface area contributed by atoms with Gasteiger partial charge in [0.1, 0.15) is 10.7 Å². The number of carbonyl (C=O) groups is 1. The van der Waals surface area contributed by atoms with Gasteiger partial charge in [0.15, 0.2) is 0 Å². The number of pyridine rings is 1. The highest BCUT2D eigenvalue weighted by atomic mass is 32.2. The van der Waals surface area contributed by atoms with Crippen molar-refractivity contribution in [2.45, 2.75) is 48.9 Å². The number of hydrogen-bond acceptors (Lipinski definition) is 6. The van der Waals surface area contributed by atoms with E-state index in [2.05, 4.69) is 31.1 Å². The minimum absolute atomic E-state index is 0.135. The highest BCUT2D eigenvalue weighted by molar-refractivity contribution is 7.99. The van der Waals surface area contributed by atoms with Gasteiger partial charge >= 0.3 is 0 Å². The average Bonchev–Trinajstić information content (AvgIpc) is 3.49. The molecule has 1 aromatic carbocycles. The van der Waals surface area contributed by atoms with Crippen molar-refractivity contribution in [1.82, 2.24) is 19.1 Å². The maximum atomic E-state index is 12.7. The zero-order valence-electron chi connectivity index (χ0n) is 19.6. The van der Waals surface area contributed by atoms with Crippen LogP contribution in [0.5, 0.6) is 0 Å². The first kappa shape index (κ1) is 24.4. The smallest absolute Gasteiger partial charge is 0.244 e. The van der Waals surface area contributed by atoms with Gasteiger partial charge in [-0.3, -0.25) is 4.79 Å². The lowest BCUT2D eigenvalue weighted by Crippen LogP contribution is -2.27. The van der Waals surface area contributed by atoms with Crippen LogP contribution >= 0.6 is 11.8 Å². The van der Waals surface area contributed by atoms with Crippen LogP contribution in [0.1, 0.15) is 39.3 Å². The van der Waals surface area contributed by atoms with Crippen molar-refractivity contribution >= 4 is 33.5 Å². The van der Waals surface area contributed by atoms with E-state index in [4.69, 9.17) is 5.10 Å². The van der Waals surface area contributed by atoms with Crippen molar-refractivity contribution in [3.8, 4) is 5.69 Å². The van der Waals surface area contributed by atoms with Gasteiger partial charge in [-0.25, -0.2) is 18.1 Å². The Kier molecular flexibility index (Phi) is 7.11. The molecule has 2 aromatic heterocycles. The standard InChI is InChI=1S/C24H29N5O3S2/c1-24(2,3)20-15-21(29(27-20)18-9-5-4-6-10-18)26-22(30)17-33-23-12-11-19(16-25-23)34(31,32)28-13-7-8-14-28/h4-6,9-12,15-16H,7-8,13-14,17H2,1-3H3,(H,26,30). The van der Waals surface area contributed by atoms with Crippen LogP contribution in [0.15, 0.2) is 64.6 Å². The lowest BCUT2D eigenvalue weighted by atomic mass is 9.92. The molecule has 1 saturated heterocycles. The molecule has 0 unspecified atom stereocenters. The number of thioether (sulfide) groups is 1. The minimum Gasteiger partial charge on any atom is -0.310 e. The minimum atomic E-state index is -3.50. The van der Waals surface area contributed by atoms with E-state index in [0.29, 0.717) is 23.9 Å². The number of carbonyl (C=O) groups excluding carboxylic acids is 1. The second-order valence-electron chi connectivity index (χ2n) is 9.19. The van der Waals surface area contributed by atoms with Crippen LogP contribution in [0.25, 0.3) is 5.69 Å². The van der Waals surface area contributed by atoms with E-state index in [1.807, 2.05) is 36.4 Å². The van der Waals surface area contributed by atoms with Crippen molar-refractivity contribution in [2.75, 3.05) is 24.2 Å². The molecule has 180 valence electrons. The molecule has 4 rings (SSSR count). The normalized spacial score (nSPS) is 14.9. The van der Waals surface area contributed by atoms with E-state index in [0.717, 1.165) is 24.2 Å². The van der Waals surface area contributed by atoms with Gasteiger partial charge in [-0.15, -0.1) is 0 Å². The fourth-order valence-electron chi connectivity index (χ4n) is 3.60. The highest BCUT2D eigenvalue weighted by Gasteiger charge is 2.27.